The van der Waals surface area contributed by atoms with E-state index in [1.54, 1.807) is 18.2 Å². The van der Waals surface area contributed by atoms with Gasteiger partial charge in [-0.25, -0.2) is 4.79 Å². The van der Waals surface area contributed by atoms with E-state index in [1.807, 2.05) is 0 Å². The van der Waals surface area contributed by atoms with Crippen molar-refractivity contribution in [3.63, 3.8) is 0 Å². The summed E-state index contributed by atoms with van der Waals surface area (Å²) in [5, 5.41) is 15.4. The summed E-state index contributed by atoms with van der Waals surface area (Å²) in [6, 6.07) is 6.36. The van der Waals surface area contributed by atoms with Gasteiger partial charge >= 0.3 is 5.97 Å². The third kappa shape index (κ3) is 3.76. The second kappa shape index (κ2) is 5.59. The van der Waals surface area contributed by atoms with Gasteiger partial charge in [0.1, 0.15) is 0 Å². The molecular formula is C8H9NO4. The van der Waals surface area contributed by atoms with Gasteiger partial charge in [-0.05, 0) is 12.1 Å². The van der Waals surface area contributed by atoms with E-state index >= 15 is 0 Å². The van der Waals surface area contributed by atoms with Crippen LogP contribution in [0.4, 0.5) is 5.69 Å². The molecule has 0 saturated carbocycles. The summed E-state index contributed by atoms with van der Waals surface area (Å²) in [6.45, 7) is -0.250. The zero-order valence-corrected chi connectivity index (χ0v) is 6.68. The van der Waals surface area contributed by atoms with Crippen molar-refractivity contribution in [1.82, 2.24) is 0 Å². The first-order chi connectivity index (χ1) is 6.13. The number of carboxylic acids is 1. The highest BCUT2D eigenvalue weighted by Crippen LogP contribution is 2.08. The molecule has 0 bridgehead atoms. The summed E-state index contributed by atoms with van der Waals surface area (Å²) >= 11 is 0. The zero-order valence-electron chi connectivity index (χ0n) is 6.68. The van der Waals surface area contributed by atoms with Crippen LogP contribution in [-0.4, -0.2) is 22.7 Å². The van der Waals surface area contributed by atoms with Crippen LogP contribution in [0.5, 0.6) is 0 Å². The molecule has 70 valence electrons. The third-order valence-electron chi connectivity index (χ3n) is 1.19. The van der Waals surface area contributed by atoms with Gasteiger partial charge in [0.25, 0.3) is 6.47 Å². The van der Waals surface area contributed by atoms with E-state index in [-0.39, 0.29) is 12.0 Å². The van der Waals surface area contributed by atoms with Crippen LogP contribution < -0.4 is 5.73 Å². The molecule has 5 nitrogen and oxygen atoms in total. The van der Waals surface area contributed by atoms with Crippen LogP contribution in [0.2, 0.25) is 0 Å². The Labute approximate surface area is 74.4 Å². The van der Waals surface area contributed by atoms with E-state index in [0.717, 1.165) is 0 Å². The number of benzene rings is 1. The second-order valence-corrected chi connectivity index (χ2v) is 2.00. The van der Waals surface area contributed by atoms with Crippen LogP contribution in [0.15, 0.2) is 24.3 Å². The highest BCUT2D eigenvalue weighted by molar-refractivity contribution is 5.93. The molecular weight excluding hydrogens is 174 g/mol. The molecule has 1 rings (SSSR count). The minimum Gasteiger partial charge on any atom is -0.483 e. The average molecular weight is 183 g/mol. The van der Waals surface area contributed by atoms with E-state index in [4.69, 9.17) is 20.7 Å². The van der Waals surface area contributed by atoms with Gasteiger partial charge in [-0.15, -0.1) is 0 Å². The zero-order chi connectivity index (χ0) is 10.3. The molecule has 0 atom stereocenters. The Morgan fingerprint density at radius 2 is 1.85 bits per heavy atom. The number of carbonyl (C=O) groups is 2. The van der Waals surface area contributed by atoms with E-state index in [1.165, 1.54) is 6.07 Å². The van der Waals surface area contributed by atoms with E-state index < -0.39 is 5.97 Å². The Balaban J connectivity index is 0.000000424. The molecule has 0 radical (unpaired) electrons. The summed E-state index contributed by atoms with van der Waals surface area (Å²) in [5.74, 6) is -0.988. The molecule has 0 unspecified atom stereocenters. The third-order valence-corrected chi connectivity index (χ3v) is 1.19. The predicted octanol–water partition coefficient (Wildman–Crippen LogP) is 0.668. The number of anilines is 1. The van der Waals surface area contributed by atoms with Crippen LogP contribution in [-0.2, 0) is 4.79 Å². The van der Waals surface area contributed by atoms with Crippen molar-refractivity contribution in [1.29, 1.82) is 0 Å². The average Bonchev–Trinajstić information content (AvgIpc) is 2.06. The standard InChI is InChI=1S/C7H7NO2.CH2O2/c8-6-4-2-1-3-5(6)7(9)10;2-1-3/h1-4H,8H2,(H,9,10);1H,(H,2,3). The van der Waals surface area contributed by atoms with E-state index in [9.17, 15) is 4.79 Å². The maximum absolute atomic E-state index is 10.3. The highest BCUT2D eigenvalue weighted by Gasteiger charge is 2.03. The molecule has 0 spiro atoms. The number of nitrogen functional groups attached to an aromatic ring is 1. The van der Waals surface area contributed by atoms with Gasteiger partial charge in [-0.3, -0.25) is 4.79 Å². The number of aromatic carboxylic acids is 1. The van der Waals surface area contributed by atoms with Crippen molar-refractivity contribution in [2.24, 2.45) is 0 Å². The lowest BCUT2D eigenvalue weighted by Gasteiger charge is -1.96. The minimum atomic E-state index is -0.988. The number of rotatable bonds is 1. The van der Waals surface area contributed by atoms with Gasteiger partial charge in [0.2, 0.25) is 0 Å². The number of nitrogens with two attached hydrogens (primary N) is 1. The molecule has 4 N–H and O–H groups in total. The van der Waals surface area contributed by atoms with Crippen molar-refractivity contribution < 1.29 is 19.8 Å². The summed E-state index contributed by atoms with van der Waals surface area (Å²) in [5.41, 5.74) is 5.80. The molecule has 0 aliphatic carbocycles. The molecule has 0 aliphatic rings. The van der Waals surface area contributed by atoms with Crippen molar-refractivity contribution in [2.45, 2.75) is 0 Å². The van der Waals surface area contributed by atoms with Crippen LogP contribution in [0.1, 0.15) is 10.4 Å². The topological polar surface area (TPSA) is 101 Å². The van der Waals surface area contributed by atoms with Crippen LogP contribution in [0.25, 0.3) is 0 Å². The summed E-state index contributed by atoms with van der Waals surface area (Å²) in [6.07, 6.45) is 0. The lowest BCUT2D eigenvalue weighted by atomic mass is 10.2. The number of para-hydroxylation sites is 1. The van der Waals surface area contributed by atoms with Gasteiger partial charge in [0.05, 0.1) is 5.56 Å². The van der Waals surface area contributed by atoms with Crippen molar-refractivity contribution in [3.05, 3.63) is 29.8 Å². The molecule has 13 heavy (non-hydrogen) atoms. The van der Waals surface area contributed by atoms with Gasteiger partial charge in [-0.2, -0.15) is 0 Å². The Hall–Kier alpha value is -2.04. The number of carboxylic acid groups (broad SMARTS) is 2. The molecule has 1 aromatic rings. The van der Waals surface area contributed by atoms with Crippen LogP contribution in [0, 0.1) is 0 Å². The Kier molecular flexibility index (Phi) is 4.71. The van der Waals surface area contributed by atoms with Crippen molar-refractivity contribution in [3.8, 4) is 0 Å². The van der Waals surface area contributed by atoms with Gasteiger partial charge < -0.3 is 15.9 Å². The predicted molar refractivity (Wildman–Crippen MR) is 46.5 cm³/mol. The van der Waals surface area contributed by atoms with E-state index in [2.05, 4.69) is 0 Å². The normalized spacial score (nSPS) is 8.00. The molecule has 5 heteroatoms. The Morgan fingerprint density at radius 1 is 1.38 bits per heavy atom. The quantitative estimate of drug-likeness (QED) is 0.438. The molecule has 0 fully saturated rings. The maximum atomic E-state index is 10.3. The molecule has 0 amide bonds. The Morgan fingerprint density at radius 3 is 2.15 bits per heavy atom. The fourth-order valence-corrected chi connectivity index (χ4v) is 0.692. The van der Waals surface area contributed by atoms with E-state index in [0.29, 0.717) is 5.69 Å². The summed E-state index contributed by atoms with van der Waals surface area (Å²) in [4.78, 5) is 18.7. The fraction of sp³-hybridized carbons (Fsp3) is 0. The van der Waals surface area contributed by atoms with Crippen molar-refractivity contribution >= 4 is 18.1 Å². The van der Waals surface area contributed by atoms with Crippen LogP contribution in [0.3, 0.4) is 0 Å². The summed E-state index contributed by atoms with van der Waals surface area (Å²) < 4.78 is 0. The number of hydrogen-bond donors (Lipinski definition) is 3. The van der Waals surface area contributed by atoms with Gasteiger partial charge in [0.15, 0.2) is 0 Å². The second-order valence-electron chi connectivity index (χ2n) is 2.00. The fourth-order valence-electron chi connectivity index (χ4n) is 0.692. The summed E-state index contributed by atoms with van der Waals surface area (Å²) in [7, 11) is 0. The molecule has 0 aliphatic heterocycles. The van der Waals surface area contributed by atoms with Crippen LogP contribution >= 0.6 is 0 Å². The SMILES string of the molecule is Nc1ccccc1C(=O)O.O=CO. The highest BCUT2D eigenvalue weighted by atomic mass is 16.4. The largest absolute Gasteiger partial charge is 0.483 e. The lowest BCUT2D eigenvalue weighted by Crippen LogP contribution is -2.00. The smallest absolute Gasteiger partial charge is 0.337 e. The minimum absolute atomic E-state index is 0.155. The lowest BCUT2D eigenvalue weighted by molar-refractivity contribution is -0.122. The molecule has 1 aromatic carbocycles. The maximum Gasteiger partial charge on any atom is 0.337 e. The monoisotopic (exact) mass is 183 g/mol. The molecule has 0 heterocycles. The number of hydrogen-bond acceptors (Lipinski definition) is 3. The molecule has 0 aromatic heterocycles. The Bertz CT molecular complexity index is 298. The first-order valence-corrected chi connectivity index (χ1v) is 3.29. The first-order valence-electron chi connectivity index (χ1n) is 3.29. The van der Waals surface area contributed by atoms with Crippen molar-refractivity contribution in [2.75, 3.05) is 5.73 Å². The van der Waals surface area contributed by atoms with Gasteiger partial charge in [-0.1, -0.05) is 12.1 Å². The molecule has 0 saturated heterocycles. The first kappa shape index (κ1) is 11.0. The van der Waals surface area contributed by atoms with Gasteiger partial charge in [0, 0.05) is 5.69 Å².